The van der Waals surface area contributed by atoms with Crippen LogP contribution in [0.4, 0.5) is 17.2 Å². The second kappa shape index (κ2) is 7.05. The normalized spacial score (nSPS) is 15.4. The van der Waals surface area contributed by atoms with Crippen LogP contribution in [0.2, 0.25) is 0 Å². The predicted octanol–water partition coefficient (Wildman–Crippen LogP) is 4.66. The van der Waals surface area contributed by atoms with Gasteiger partial charge in [0.05, 0.1) is 6.20 Å². The van der Waals surface area contributed by atoms with Crippen molar-refractivity contribution in [3.63, 3.8) is 0 Å². The summed E-state index contributed by atoms with van der Waals surface area (Å²) in [6.45, 7) is 2.25. The highest BCUT2D eigenvalue weighted by Gasteiger charge is 2.23. The van der Waals surface area contributed by atoms with Crippen molar-refractivity contribution in [2.75, 3.05) is 17.3 Å². The van der Waals surface area contributed by atoms with E-state index in [0.29, 0.717) is 6.04 Å². The number of fused-ring (bicyclic) bond motifs is 1. The predicted molar refractivity (Wildman–Crippen MR) is 116 cm³/mol. The van der Waals surface area contributed by atoms with Crippen LogP contribution in [0.1, 0.15) is 12.5 Å². The zero-order chi connectivity index (χ0) is 19.8. The third-order valence-corrected chi connectivity index (χ3v) is 5.54. The molecule has 3 heterocycles. The standard InChI is InChI=1S/C23H22N6/c1-15-11-17-3-4-18(12-21(17)29(15)2)23-24-10-9-22(28-23)27-20-7-5-16(6-8-20)19-13-25-26-14-19/h3-10,12-15H,11H2,1-2H3,(H,25,26)(H,24,27,28). The first-order valence-electron chi connectivity index (χ1n) is 9.73. The van der Waals surface area contributed by atoms with Crippen molar-refractivity contribution in [2.24, 2.45) is 0 Å². The summed E-state index contributed by atoms with van der Waals surface area (Å²) >= 11 is 0. The van der Waals surface area contributed by atoms with E-state index in [4.69, 9.17) is 4.98 Å². The van der Waals surface area contributed by atoms with Crippen LogP contribution in [0.25, 0.3) is 22.5 Å². The highest BCUT2D eigenvalue weighted by molar-refractivity contribution is 5.70. The molecule has 2 N–H and O–H groups in total. The van der Waals surface area contributed by atoms with E-state index in [-0.39, 0.29) is 0 Å². The molecule has 0 aliphatic carbocycles. The first-order valence-corrected chi connectivity index (χ1v) is 9.73. The van der Waals surface area contributed by atoms with E-state index in [2.05, 4.69) is 69.7 Å². The lowest BCUT2D eigenvalue weighted by Gasteiger charge is -2.18. The Labute approximate surface area is 169 Å². The molecule has 0 fully saturated rings. The third kappa shape index (κ3) is 3.33. The van der Waals surface area contributed by atoms with Gasteiger partial charge in [0.1, 0.15) is 5.82 Å². The molecule has 6 nitrogen and oxygen atoms in total. The molecular formula is C23H22N6. The Morgan fingerprint density at radius 2 is 1.86 bits per heavy atom. The highest BCUT2D eigenvalue weighted by atomic mass is 15.1. The molecule has 1 atom stereocenters. The number of aromatic amines is 1. The first-order chi connectivity index (χ1) is 14.2. The quantitative estimate of drug-likeness (QED) is 0.537. The van der Waals surface area contributed by atoms with E-state index in [0.717, 1.165) is 40.4 Å². The largest absolute Gasteiger partial charge is 0.371 e. The van der Waals surface area contributed by atoms with Gasteiger partial charge in [-0.25, -0.2) is 9.97 Å². The molecule has 0 spiro atoms. The molecule has 1 unspecified atom stereocenters. The van der Waals surface area contributed by atoms with Gasteiger partial charge in [0.2, 0.25) is 0 Å². The summed E-state index contributed by atoms with van der Waals surface area (Å²) in [5.74, 6) is 1.49. The molecule has 2 aromatic heterocycles. The van der Waals surface area contributed by atoms with Gasteiger partial charge < -0.3 is 10.2 Å². The Hall–Kier alpha value is -3.67. The summed E-state index contributed by atoms with van der Waals surface area (Å²) in [4.78, 5) is 11.5. The number of benzene rings is 2. The lowest BCUT2D eigenvalue weighted by Crippen LogP contribution is -2.23. The summed E-state index contributed by atoms with van der Waals surface area (Å²) in [7, 11) is 2.15. The molecule has 29 heavy (non-hydrogen) atoms. The first kappa shape index (κ1) is 17.4. The summed E-state index contributed by atoms with van der Waals surface area (Å²) in [5.41, 5.74) is 6.84. The number of nitrogens with one attached hydrogen (secondary N) is 2. The molecule has 0 saturated heterocycles. The van der Waals surface area contributed by atoms with E-state index in [1.807, 2.05) is 30.6 Å². The van der Waals surface area contributed by atoms with Gasteiger partial charge in [-0.1, -0.05) is 24.3 Å². The maximum atomic E-state index is 4.72. The van der Waals surface area contributed by atoms with Crippen LogP contribution in [0.5, 0.6) is 0 Å². The molecule has 4 aromatic rings. The molecule has 1 aliphatic rings. The van der Waals surface area contributed by atoms with Crippen molar-refractivity contribution >= 4 is 17.2 Å². The second-order valence-electron chi connectivity index (χ2n) is 7.46. The number of hydrogen-bond donors (Lipinski definition) is 2. The zero-order valence-electron chi connectivity index (χ0n) is 16.4. The van der Waals surface area contributed by atoms with Gasteiger partial charge >= 0.3 is 0 Å². The smallest absolute Gasteiger partial charge is 0.161 e. The van der Waals surface area contributed by atoms with E-state index < -0.39 is 0 Å². The molecular weight excluding hydrogens is 360 g/mol. The van der Waals surface area contributed by atoms with Crippen molar-refractivity contribution < 1.29 is 0 Å². The van der Waals surface area contributed by atoms with Gasteiger partial charge in [0, 0.05) is 48.0 Å². The van der Waals surface area contributed by atoms with Crippen LogP contribution < -0.4 is 10.2 Å². The highest BCUT2D eigenvalue weighted by Crippen LogP contribution is 2.34. The van der Waals surface area contributed by atoms with Gasteiger partial charge in [0.15, 0.2) is 5.82 Å². The van der Waals surface area contributed by atoms with Crippen molar-refractivity contribution in [1.82, 2.24) is 20.2 Å². The molecule has 6 heteroatoms. The minimum atomic E-state index is 0.527. The van der Waals surface area contributed by atoms with Gasteiger partial charge in [0.25, 0.3) is 0 Å². The Morgan fingerprint density at radius 3 is 2.66 bits per heavy atom. The van der Waals surface area contributed by atoms with Crippen molar-refractivity contribution in [2.45, 2.75) is 19.4 Å². The molecule has 144 valence electrons. The lowest BCUT2D eigenvalue weighted by atomic mass is 10.1. The number of likely N-dealkylation sites (N-methyl/N-ethyl adjacent to an activating group) is 1. The fourth-order valence-electron chi connectivity index (χ4n) is 3.77. The van der Waals surface area contributed by atoms with E-state index >= 15 is 0 Å². The average molecular weight is 382 g/mol. The average Bonchev–Trinajstić information content (AvgIpc) is 3.38. The van der Waals surface area contributed by atoms with Crippen LogP contribution in [0, 0.1) is 0 Å². The van der Waals surface area contributed by atoms with Crippen molar-refractivity contribution in [1.29, 1.82) is 0 Å². The van der Waals surface area contributed by atoms with E-state index in [1.165, 1.54) is 11.3 Å². The van der Waals surface area contributed by atoms with Crippen LogP contribution in [0.15, 0.2) is 67.1 Å². The fourth-order valence-corrected chi connectivity index (χ4v) is 3.77. The van der Waals surface area contributed by atoms with Crippen molar-refractivity contribution in [3.05, 3.63) is 72.7 Å². The number of anilines is 3. The number of hydrogen-bond acceptors (Lipinski definition) is 5. The van der Waals surface area contributed by atoms with Gasteiger partial charge in [-0.3, -0.25) is 5.10 Å². The monoisotopic (exact) mass is 382 g/mol. The Balaban J connectivity index is 1.38. The number of H-pyrrole nitrogens is 1. The molecule has 1 aliphatic heterocycles. The maximum absolute atomic E-state index is 4.72. The minimum Gasteiger partial charge on any atom is -0.371 e. The summed E-state index contributed by atoms with van der Waals surface area (Å²) in [6, 6.07) is 17.1. The number of nitrogens with zero attached hydrogens (tertiary/aromatic N) is 4. The molecule has 5 rings (SSSR count). The summed E-state index contributed by atoms with van der Waals surface area (Å²) in [6.07, 6.45) is 6.58. The number of aromatic nitrogens is 4. The second-order valence-corrected chi connectivity index (χ2v) is 7.46. The van der Waals surface area contributed by atoms with E-state index in [1.54, 1.807) is 6.20 Å². The lowest BCUT2D eigenvalue weighted by molar-refractivity contribution is 0.732. The van der Waals surface area contributed by atoms with Crippen LogP contribution >= 0.6 is 0 Å². The van der Waals surface area contributed by atoms with Crippen LogP contribution in [-0.4, -0.2) is 33.3 Å². The Morgan fingerprint density at radius 1 is 1.03 bits per heavy atom. The molecule has 2 aromatic carbocycles. The SMILES string of the molecule is CC1Cc2ccc(-c3nccc(Nc4ccc(-c5cn[nH]c5)cc4)n3)cc2N1C. The van der Waals surface area contributed by atoms with E-state index in [9.17, 15) is 0 Å². The summed E-state index contributed by atoms with van der Waals surface area (Å²) < 4.78 is 0. The maximum Gasteiger partial charge on any atom is 0.161 e. The fraction of sp³-hybridized carbons (Fsp3) is 0.174. The van der Waals surface area contributed by atoms with Gasteiger partial charge in [-0.05, 0) is 48.7 Å². The Kier molecular flexibility index (Phi) is 4.24. The summed E-state index contributed by atoms with van der Waals surface area (Å²) in [5, 5.41) is 10.2. The number of rotatable bonds is 4. The molecule has 0 radical (unpaired) electrons. The van der Waals surface area contributed by atoms with Gasteiger partial charge in [-0.2, -0.15) is 5.10 Å². The molecule has 0 amide bonds. The van der Waals surface area contributed by atoms with Gasteiger partial charge in [-0.15, -0.1) is 0 Å². The third-order valence-electron chi connectivity index (χ3n) is 5.54. The molecule has 0 saturated carbocycles. The topological polar surface area (TPSA) is 69.7 Å². The minimum absolute atomic E-state index is 0.527. The van der Waals surface area contributed by atoms with Crippen LogP contribution in [-0.2, 0) is 6.42 Å². The molecule has 0 bridgehead atoms. The van der Waals surface area contributed by atoms with Crippen LogP contribution in [0.3, 0.4) is 0 Å². The zero-order valence-corrected chi connectivity index (χ0v) is 16.4. The van der Waals surface area contributed by atoms with Crippen molar-refractivity contribution in [3.8, 4) is 22.5 Å². The Bertz CT molecular complexity index is 1130.